The first-order valence-corrected chi connectivity index (χ1v) is 14.5. The molecule has 1 amide bonds. The van der Waals surface area contributed by atoms with E-state index in [0.29, 0.717) is 23.6 Å². The van der Waals surface area contributed by atoms with E-state index in [1.807, 2.05) is 53.9 Å². The maximum absolute atomic E-state index is 13.0. The zero-order valence-corrected chi connectivity index (χ0v) is 24.6. The summed E-state index contributed by atoms with van der Waals surface area (Å²) in [5.74, 6) is -0.372. The van der Waals surface area contributed by atoms with E-state index >= 15 is 0 Å². The highest BCUT2D eigenvalue weighted by atomic mass is 32.1. The fraction of sp³-hybridized carbons (Fsp3) is 0.257. The van der Waals surface area contributed by atoms with E-state index in [1.165, 1.54) is 22.3 Å². The van der Waals surface area contributed by atoms with Gasteiger partial charge >= 0.3 is 5.97 Å². The van der Waals surface area contributed by atoms with Crippen LogP contribution in [0.3, 0.4) is 0 Å². The van der Waals surface area contributed by atoms with Gasteiger partial charge in [0, 0.05) is 10.4 Å². The molecule has 1 heterocycles. The lowest BCUT2D eigenvalue weighted by molar-refractivity contribution is 0.0697. The Balaban J connectivity index is 1.53. The van der Waals surface area contributed by atoms with Gasteiger partial charge in [-0.3, -0.25) is 4.79 Å². The van der Waals surface area contributed by atoms with Crippen molar-refractivity contribution in [1.82, 2.24) is 5.32 Å². The van der Waals surface area contributed by atoms with Crippen molar-refractivity contribution < 1.29 is 14.7 Å². The third-order valence-electron chi connectivity index (χ3n) is 7.80. The Bertz CT molecular complexity index is 1510. The van der Waals surface area contributed by atoms with E-state index < -0.39 is 5.97 Å². The molecule has 0 bridgehead atoms. The molecule has 40 heavy (non-hydrogen) atoms. The fourth-order valence-electron chi connectivity index (χ4n) is 4.97. The topological polar surface area (TPSA) is 66.4 Å². The highest BCUT2D eigenvalue weighted by molar-refractivity contribution is 7.09. The quantitative estimate of drug-likeness (QED) is 0.207. The van der Waals surface area contributed by atoms with Gasteiger partial charge in [0.1, 0.15) is 0 Å². The van der Waals surface area contributed by atoms with Gasteiger partial charge in [-0.1, -0.05) is 74.0 Å². The number of carboxylic acids is 1. The van der Waals surface area contributed by atoms with Gasteiger partial charge in [-0.25, -0.2) is 4.79 Å². The Morgan fingerprint density at radius 3 is 2.25 bits per heavy atom. The lowest BCUT2D eigenvalue weighted by Crippen LogP contribution is -2.22. The zero-order chi connectivity index (χ0) is 28.8. The number of thiophene rings is 1. The van der Waals surface area contributed by atoms with Gasteiger partial charge < -0.3 is 10.4 Å². The summed E-state index contributed by atoms with van der Waals surface area (Å²) in [4.78, 5) is 25.8. The molecule has 206 valence electrons. The predicted molar refractivity (Wildman–Crippen MR) is 166 cm³/mol. The number of carboxylic acid groups (broad SMARTS) is 1. The van der Waals surface area contributed by atoms with Crippen molar-refractivity contribution >= 4 is 28.8 Å². The molecule has 4 aromatic rings. The maximum Gasteiger partial charge on any atom is 0.336 e. The summed E-state index contributed by atoms with van der Waals surface area (Å²) in [6, 6.07) is 25.4. The van der Waals surface area contributed by atoms with Crippen molar-refractivity contribution in [3.63, 3.8) is 0 Å². The number of carbonyl (C=O) groups excluding carboxylic acids is 1. The molecular weight excluding hydrogens is 514 g/mol. The second kappa shape index (κ2) is 12.9. The van der Waals surface area contributed by atoms with Gasteiger partial charge in [-0.15, -0.1) is 11.3 Å². The lowest BCUT2D eigenvalue weighted by atomic mass is 9.80. The largest absolute Gasteiger partial charge is 0.478 e. The SMILES string of the molecule is CC(C)=C(C)c1cc(C(=O)NCc2cccs2)ccc1C(C)C(C)Cc1ccc(-c2ccccc2C(=O)O)cc1. The number of rotatable bonds is 10. The number of nitrogens with one attached hydrogen (secondary N) is 1. The first-order chi connectivity index (χ1) is 19.2. The molecule has 0 aliphatic heterocycles. The first-order valence-electron chi connectivity index (χ1n) is 13.7. The molecule has 1 aromatic heterocycles. The Hall–Kier alpha value is -3.96. The van der Waals surface area contributed by atoms with Gasteiger partial charge in [-0.2, -0.15) is 0 Å². The van der Waals surface area contributed by atoms with Crippen molar-refractivity contribution in [2.75, 3.05) is 0 Å². The molecule has 5 heteroatoms. The van der Waals surface area contributed by atoms with E-state index in [4.69, 9.17) is 0 Å². The van der Waals surface area contributed by atoms with Gasteiger partial charge in [0.2, 0.25) is 0 Å². The third-order valence-corrected chi connectivity index (χ3v) is 8.67. The minimum Gasteiger partial charge on any atom is -0.478 e. The molecule has 4 nitrogen and oxygen atoms in total. The molecule has 0 saturated carbocycles. The summed E-state index contributed by atoms with van der Waals surface area (Å²) >= 11 is 1.64. The average Bonchev–Trinajstić information content (AvgIpc) is 3.49. The second-order valence-corrected chi connectivity index (χ2v) is 11.7. The van der Waals surface area contributed by atoms with Crippen LogP contribution in [0.4, 0.5) is 0 Å². The summed E-state index contributed by atoms with van der Waals surface area (Å²) in [5.41, 5.74) is 8.62. The summed E-state index contributed by atoms with van der Waals surface area (Å²) in [7, 11) is 0. The lowest BCUT2D eigenvalue weighted by Gasteiger charge is -2.25. The average molecular weight is 552 g/mol. The number of carbonyl (C=O) groups is 2. The Morgan fingerprint density at radius 2 is 1.60 bits per heavy atom. The third kappa shape index (κ3) is 6.78. The maximum atomic E-state index is 13.0. The molecule has 0 fully saturated rings. The monoisotopic (exact) mass is 551 g/mol. The standard InChI is InChI=1S/C35H37NO3S/c1-22(2)24(4)33-20-28(34(37)36-21-29-9-8-18-40-29)16-17-30(33)25(5)23(3)19-26-12-14-27(15-13-26)31-10-6-7-11-32(31)35(38)39/h6-18,20,23,25H,19,21H2,1-5H3,(H,36,37)(H,38,39). The Labute approximate surface area is 241 Å². The van der Waals surface area contributed by atoms with Crippen LogP contribution in [-0.2, 0) is 13.0 Å². The fourth-order valence-corrected chi connectivity index (χ4v) is 5.61. The van der Waals surface area contributed by atoms with Crippen LogP contribution in [-0.4, -0.2) is 17.0 Å². The van der Waals surface area contributed by atoms with Crippen molar-refractivity contribution in [1.29, 1.82) is 0 Å². The molecule has 2 atom stereocenters. The molecule has 0 aliphatic carbocycles. The molecule has 0 radical (unpaired) electrons. The van der Waals surface area contributed by atoms with E-state index in [9.17, 15) is 14.7 Å². The number of allylic oxidation sites excluding steroid dienone is 2. The van der Waals surface area contributed by atoms with E-state index in [2.05, 4.69) is 58.1 Å². The highest BCUT2D eigenvalue weighted by Crippen LogP contribution is 2.35. The molecule has 0 aliphatic rings. The van der Waals surface area contributed by atoms with Gasteiger partial charge in [0.15, 0.2) is 0 Å². The van der Waals surface area contributed by atoms with Crippen molar-refractivity contribution in [2.45, 2.75) is 53.5 Å². The van der Waals surface area contributed by atoms with Crippen LogP contribution in [0.5, 0.6) is 0 Å². The van der Waals surface area contributed by atoms with Crippen molar-refractivity contribution in [3.05, 3.63) is 123 Å². The van der Waals surface area contributed by atoms with Crippen LogP contribution >= 0.6 is 11.3 Å². The molecular formula is C35H37NO3S. The minimum absolute atomic E-state index is 0.0620. The first kappa shape index (κ1) is 29.0. The van der Waals surface area contributed by atoms with E-state index in [0.717, 1.165) is 28.0 Å². The summed E-state index contributed by atoms with van der Waals surface area (Å²) in [5, 5.41) is 14.6. The summed E-state index contributed by atoms with van der Waals surface area (Å²) in [6.07, 6.45) is 0.887. The van der Waals surface area contributed by atoms with Crippen LogP contribution in [0.25, 0.3) is 16.7 Å². The van der Waals surface area contributed by atoms with Crippen LogP contribution < -0.4 is 5.32 Å². The van der Waals surface area contributed by atoms with E-state index in [-0.39, 0.29) is 11.8 Å². The van der Waals surface area contributed by atoms with Gasteiger partial charge in [0.25, 0.3) is 5.91 Å². The molecule has 0 spiro atoms. The number of benzene rings is 3. The number of aromatic carboxylic acids is 1. The Morgan fingerprint density at radius 1 is 0.875 bits per heavy atom. The second-order valence-electron chi connectivity index (χ2n) is 10.7. The van der Waals surface area contributed by atoms with Crippen molar-refractivity contribution in [3.8, 4) is 11.1 Å². The van der Waals surface area contributed by atoms with Gasteiger partial charge in [-0.05, 0) is 102 Å². The number of amides is 1. The molecule has 4 rings (SSSR count). The molecule has 0 saturated heterocycles. The smallest absolute Gasteiger partial charge is 0.336 e. The van der Waals surface area contributed by atoms with Crippen LogP contribution in [0.1, 0.15) is 82.8 Å². The van der Waals surface area contributed by atoms with Crippen LogP contribution in [0.15, 0.2) is 89.8 Å². The molecule has 2 N–H and O–H groups in total. The Kier molecular flexibility index (Phi) is 9.38. The predicted octanol–water partition coefficient (Wildman–Crippen LogP) is 8.84. The van der Waals surface area contributed by atoms with Crippen molar-refractivity contribution in [2.24, 2.45) is 5.92 Å². The summed E-state index contributed by atoms with van der Waals surface area (Å²) < 4.78 is 0. The molecule has 2 unspecified atom stereocenters. The van der Waals surface area contributed by atoms with Crippen LogP contribution in [0.2, 0.25) is 0 Å². The number of hydrogen-bond acceptors (Lipinski definition) is 3. The number of hydrogen-bond donors (Lipinski definition) is 2. The van der Waals surface area contributed by atoms with E-state index in [1.54, 1.807) is 23.5 Å². The normalized spacial score (nSPS) is 12.4. The summed E-state index contributed by atoms with van der Waals surface area (Å²) in [6.45, 7) is 11.4. The van der Waals surface area contributed by atoms with Crippen LogP contribution in [0, 0.1) is 5.92 Å². The minimum atomic E-state index is -0.921. The molecule has 3 aromatic carbocycles. The van der Waals surface area contributed by atoms with Gasteiger partial charge in [0.05, 0.1) is 12.1 Å². The highest BCUT2D eigenvalue weighted by Gasteiger charge is 2.21. The zero-order valence-electron chi connectivity index (χ0n) is 23.8.